The zero-order valence-corrected chi connectivity index (χ0v) is 7.15. The van der Waals surface area contributed by atoms with Crippen molar-refractivity contribution in [2.45, 2.75) is 13.0 Å². The van der Waals surface area contributed by atoms with Crippen LogP contribution in [0, 0.1) is 0 Å². The number of allylic oxidation sites excluding steroid dienone is 2. The maximum atomic E-state index is 11.0. The third kappa shape index (κ3) is 1.78. The van der Waals surface area contributed by atoms with Crippen LogP contribution in [0.5, 0.6) is 0 Å². The van der Waals surface area contributed by atoms with Gasteiger partial charge >= 0.3 is 5.97 Å². The number of ether oxygens (including phenoxy) is 1. The summed E-state index contributed by atoms with van der Waals surface area (Å²) in [4.78, 5) is 11.0. The lowest BCUT2D eigenvalue weighted by atomic mass is 10.3. The van der Waals surface area contributed by atoms with Crippen LogP contribution in [0.25, 0.3) is 0 Å². The van der Waals surface area contributed by atoms with Crippen LogP contribution in [0.2, 0.25) is 0 Å². The third-order valence-electron chi connectivity index (χ3n) is 1.64. The van der Waals surface area contributed by atoms with Gasteiger partial charge in [0.05, 0.1) is 7.11 Å². The van der Waals surface area contributed by atoms with E-state index in [0.717, 1.165) is 0 Å². The second-order valence-corrected chi connectivity index (χ2v) is 2.44. The molecule has 1 aliphatic heterocycles. The second-order valence-electron chi connectivity index (χ2n) is 2.44. The molecule has 66 valence electrons. The average Bonchev–Trinajstić information content (AvgIpc) is 2.17. The van der Waals surface area contributed by atoms with Crippen molar-refractivity contribution in [3.05, 3.63) is 24.6 Å². The van der Waals surface area contributed by atoms with Crippen LogP contribution in [0.1, 0.15) is 6.92 Å². The van der Waals surface area contributed by atoms with Crippen molar-refractivity contribution in [2.24, 2.45) is 0 Å². The molecule has 0 aliphatic carbocycles. The minimum Gasteiger partial charge on any atom is -0.467 e. The van der Waals surface area contributed by atoms with E-state index < -0.39 is 0 Å². The minimum atomic E-state index is -0.309. The summed E-state index contributed by atoms with van der Waals surface area (Å²) in [6, 6.07) is -0.309. The largest absolute Gasteiger partial charge is 0.467 e. The van der Waals surface area contributed by atoms with Crippen molar-refractivity contribution >= 4 is 5.97 Å². The molecule has 0 aromatic heterocycles. The Morgan fingerprint density at radius 1 is 1.58 bits per heavy atom. The lowest BCUT2D eigenvalue weighted by Crippen LogP contribution is -2.43. The second kappa shape index (κ2) is 3.80. The maximum absolute atomic E-state index is 11.0. The third-order valence-corrected chi connectivity index (χ3v) is 1.64. The monoisotopic (exact) mass is 168 g/mol. The minimum absolute atomic E-state index is 0.262. The Hall–Kier alpha value is -1.45. The van der Waals surface area contributed by atoms with Gasteiger partial charge in [0, 0.05) is 12.4 Å². The Bertz CT molecular complexity index is 223. The fourth-order valence-corrected chi connectivity index (χ4v) is 0.895. The quantitative estimate of drug-likeness (QED) is 0.606. The molecule has 0 bridgehead atoms. The highest BCUT2D eigenvalue weighted by Crippen LogP contribution is 2.01. The van der Waals surface area contributed by atoms with Crippen LogP contribution < -0.4 is 5.43 Å². The molecule has 1 N–H and O–H groups in total. The number of hydrogen-bond donors (Lipinski definition) is 1. The predicted molar refractivity (Wildman–Crippen MR) is 44.7 cm³/mol. The standard InChI is InChI=1S/C8H12N2O2/c1-7(8(11)12-2)10-6-4-3-5-9-10/h3-7,9H,1-2H3. The molecular weight excluding hydrogens is 156 g/mol. The fraction of sp³-hybridized carbons (Fsp3) is 0.375. The molecule has 1 aliphatic rings. The number of hydrazine groups is 1. The first-order valence-electron chi connectivity index (χ1n) is 3.71. The Kier molecular flexibility index (Phi) is 2.74. The average molecular weight is 168 g/mol. The summed E-state index contributed by atoms with van der Waals surface area (Å²) >= 11 is 0. The number of methoxy groups -OCH3 is 1. The number of rotatable bonds is 2. The van der Waals surface area contributed by atoms with Crippen molar-refractivity contribution in [2.75, 3.05) is 7.11 Å². The van der Waals surface area contributed by atoms with Crippen LogP contribution >= 0.6 is 0 Å². The van der Waals surface area contributed by atoms with Crippen molar-refractivity contribution in [1.29, 1.82) is 0 Å². The van der Waals surface area contributed by atoms with E-state index in [1.165, 1.54) is 7.11 Å². The SMILES string of the molecule is COC(=O)C(C)N1C=CC=CN1. The molecule has 0 fully saturated rings. The van der Waals surface area contributed by atoms with Gasteiger partial charge in [-0.2, -0.15) is 0 Å². The van der Waals surface area contributed by atoms with Crippen molar-refractivity contribution in [3.63, 3.8) is 0 Å². The molecule has 0 amide bonds. The first-order chi connectivity index (χ1) is 5.75. The van der Waals surface area contributed by atoms with E-state index in [0.29, 0.717) is 0 Å². The smallest absolute Gasteiger partial charge is 0.330 e. The highest BCUT2D eigenvalue weighted by molar-refractivity contribution is 5.75. The van der Waals surface area contributed by atoms with Gasteiger partial charge in [-0.25, -0.2) is 4.79 Å². The molecule has 1 atom stereocenters. The molecular formula is C8H12N2O2. The molecule has 0 saturated heterocycles. The predicted octanol–water partition coefficient (Wildman–Crippen LogP) is 0.396. The summed E-state index contributed by atoms with van der Waals surface area (Å²) in [5, 5.41) is 1.67. The summed E-state index contributed by atoms with van der Waals surface area (Å²) < 4.78 is 4.59. The summed E-state index contributed by atoms with van der Waals surface area (Å²) in [7, 11) is 1.38. The Balaban J connectivity index is 2.52. The maximum Gasteiger partial charge on any atom is 0.330 e. The normalized spacial score (nSPS) is 17.0. The molecule has 0 radical (unpaired) electrons. The Labute approximate surface area is 71.5 Å². The van der Waals surface area contributed by atoms with Crippen LogP contribution in [0.15, 0.2) is 24.6 Å². The van der Waals surface area contributed by atoms with Crippen molar-refractivity contribution in [1.82, 2.24) is 10.4 Å². The van der Waals surface area contributed by atoms with Gasteiger partial charge in [0.25, 0.3) is 0 Å². The molecule has 1 heterocycles. The molecule has 12 heavy (non-hydrogen) atoms. The molecule has 1 unspecified atom stereocenters. The zero-order chi connectivity index (χ0) is 8.97. The highest BCUT2D eigenvalue weighted by atomic mass is 16.5. The van der Waals surface area contributed by atoms with Gasteiger partial charge in [-0.15, -0.1) is 0 Å². The van der Waals surface area contributed by atoms with Gasteiger partial charge in [-0.1, -0.05) is 0 Å². The van der Waals surface area contributed by atoms with E-state index in [1.807, 2.05) is 12.2 Å². The Morgan fingerprint density at radius 2 is 2.33 bits per heavy atom. The van der Waals surface area contributed by atoms with E-state index in [9.17, 15) is 4.79 Å². The van der Waals surface area contributed by atoms with Crippen LogP contribution in [-0.4, -0.2) is 24.1 Å². The molecule has 0 spiro atoms. The number of nitrogens with zero attached hydrogens (tertiary/aromatic N) is 1. The molecule has 4 heteroatoms. The summed E-state index contributed by atoms with van der Waals surface area (Å²) in [5.74, 6) is -0.262. The van der Waals surface area contributed by atoms with Gasteiger partial charge in [-0.3, -0.25) is 5.01 Å². The van der Waals surface area contributed by atoms with Gasteiger partial charge < -0.3 is 10.2 Å². The number of nitrogens with one attached hydrogen (secondary N) is 1. The van der Waals surface area contributed by atoms with Crippen molar-refractivity contribution in [3.8, 4) is 0 Å². The van der Waals surface area contributed by atoms with Crippen LogP contribution in [-0.2, 0) is 9.53 Å². The van der Waals surface area contributed by atoms with Gasteiger partial charge in [0.1, 0.15) is 6.04 Å². The van der Waals surface area contributed by atoms with Crippen LogP contribution in [0.3, 0.4) is 0 Å². The molecule has 0 aromatic carbocycles. The molecule has 0 aromatic rings. The van der Waals surface area contributed by atoms with Gasteiger partial charge in [0.2, 0.25) is 0 Å². The summed E-state index contributed by atoms with van der Waals surface area (Å²) in [6.45, 7) is 1.77. The fourth-order valence-electron chi connectivity index (χ4n) is 0.895. The van der Waals surface area contributed by atoms with Gasteiger partial charge in [-0.05, 0) is 19.1 Å². The van der Waals surface area contributed by atoms with Crippen LogP contribution in [0.4, 0.5) is 0 Å². The van der Waals surface area contributed by atoms with E-state index in [4.69, 9.17) is 0 Å². The molecule has 1 rings (SSSR count). The zero-order valence-electron chi connectivity index (χ0n) is 7.15. The number of hydrogen-bond acceptors (Lipinski definition) is 4. The molecule has 4 nitrogen and oxygen atoms in total. The Morgan fingerprint density at radius 3 is 2.83 bits per heavy atom. The number of esters is 1. The first kappa shape index (κ1) is 8.64. The van der Waals surface area contributed by atoms with Crippen molar-refractivity contribution < 1.29 is 9.53 Å². The highest BCUT2D eigenvalue weighted by Gasteiger charge is 2.18. The van der Waals surface area contributed by atoms with E-state index in [1.54, 1.807) is 24.3 Å². The summed E-state index contributed by atoms with van der Waals surface area (Å²) in [5.41, 5.74) is 2.90. The number of carbonyl (C=O) groups is 1. The van der Waals surface area contributed by atoms with E-state index >= 15 is 0 Å². The summed E-state index contributed by atoms with van der Waals surface area (Å²) in [6.07, 6.45) is 7.22. The first-order valence-corrected chi connectivity index (χ1v) is 3.71. The van der Waals surface area contributed by atoms with E-state index in [-0.39, 0.29) is 12.0 Å². The lowest BCUT2D eigenvalue weighted by molar-refractivity contribution is -0.146. The molecule has 0 saturated carbocycles. The lowest BCUT2D eigenvalue weighted by Gasteiger charge is -2.26. The topological polar surface area (TPSA) is 41.6 Å². The van der Waals surface area contributed by atoms with E-state index in [2.05, 4.69) is 10.2 Å². The van der Waals surface area contributed by atoms with Gasteiger partial charge in [0.15, 0.2) is 0 Å². The number of carbonyl (C=O) groups excluding carboxylic acids is 1.